The Bertz CT molecular complexity index is 6710. The predicted octanol–water partition coefficient (Wildman–Crippen LogP) is 42.7. The highest BCUT2D eigenvalue weighted by Gasteiger charge is 2.34. The zero-order valence-corrected chi connectivity index (χ0v) is 96.8. The van der Waals surface area contributed by atoms with Crippen LogP contribution in [0.3, 0.4) is 0 Å². The fourth-order valence-corrected chi connectivity index (χ4v) is 24.1. The van der Waals surface area contributed by atoms with E-state index >= 15 is 4.79 Å². The average Bonchev–Trinajstić information content (AvgIpc) is 0.728. The molecule has 0 unspecified atom stereocenters. The minimum absolute atomic E-state index is 0.132. The van der Waals surface area contributed by atoms with Gasteiger partial charge in [0.15, 0.2) is 0 Å². The monoisotopic (exact) mass is 2010 g/mol. The molecular formula is C143H164N2O4S. The number of rotatable bonds is 36. The third-order valence-corrected chi connectivity index (χ3v) is 31.9. The Morgan fingerprint density at radius 3 is 0.600 bits per heavy atom. The van der Waals surface area contributed by atoms with E-state index in [9.17, 15) is 9.70 Å². The van der Waals surface area contributed by atoms with E-state index in [1.54, 1.807) is 0 Å². The number of nitrogens with zero attached hydrogens (tertiary/aromatic N) is 1. The summed E-state index contributed by atoms with van der Waals surface area (Å²) in [5, 5.41) is 3.33. The molecule has 0 heterocycles. The topological polar surface area (TPSA) is 84.8 Å². The van der Waals surface area contributed by atoms with E-state index < -0.39 is 17.9 Å². The summed E-state index contributed by atoms with van der Waals surface area (Å²) >= 11 is 0.683. The SMILES string of the molecule is COC(=O)[C@H](CSN=O)NC(=O)c1c(-c2cc(-c3cc(-c4c(C(C)C)cccc4C(C)C)cc(-c4c(C(C)C)cccc4C(C)C)c3)cc(-c3ccc(-c4c(C(C)C)cccc4C(C)C)cc3-c3c(C(C)C)cccc3C(C)C)c2)cccc1-c1cc(-c2cc(-c3c(C(C)C)cccc3C(C)C)cc(-c3c(C(C)C)cccc3C(C)C)c2)cc(-c2ccc(-c3c(C(C)C)cccc3C(C)C)cc2-c2c(C(C)C)cccc2C(C)C)c1. The van der Waals surface area contributed by atoms with Crippen LogP contribution in [0.15, 0.2) is 278 Å². The Hall–Kier alpha value is -12.8. The number of amides is 1. The Balaban J connectivity index is 1.18. The Labute approximate surface area is 905 Å². The lowest BCUT2D eigenvalue weighted by atomic mass is 9.78. The minimum Gasteiger partial charge on any atom is -0.467 e. The van der Waals surface area contributed by atoms with E-state index in [0.29, 0.717) is 28.6 Å². The van der Waals surface area contributed by atoms with E-state index in [1.807, 2.05) is 0 Å². The van der Waals surface area contributed by atoms with Gasteiger partial charge in [-0.1, -0.05) is 410 Å². The van der Waals surface area contributed by atoms with Crippen LogP contribution in [0.4, 0.5) is 0 Å². The Morgan fingerprint density at radius 2 is 0.393 bits per heavy atom. The number of hydrogen-bond donors (Lipinski definition) is 1. The maximum absolute atomic E-state index is 17.8. The number of ether oxygens (including phenoxy) is 1. The lowest BCUT2D eigenvalue weighted by Crippen LogP contribution is -2.43. The molecule has 15 aromatic carbocycles. The van der Waals surface area contributed by atoms with Crippen molar-refractivity contribution in [2.24, 2.45) is 4.58 Å². The van der Waals surface area contributed by atoms with Crippen LogP contribution in [-0.2, 0) is 9.53 Å². The van der Waals surface area contributed by atoms with E-state index in [0.717, 1.165) is 100 Å². The quantitative estimate of drug-likeness (QED) is 0.0240. The van der Waals surface area contributed by atoms with Crippen molar-refractivity contribution in [1.29, 1.82) is 0 Å². The molecule has 7 heteroatoms. The van der Waals surface area contributed by atoms with E-state index in [1.165, 1.54) is 141 Å². The molecule has 0 saturated heterocycles. The van der Waals surface area contributed by atoms with Crippen LogP contribution in [0.1, 0.15) is 416 Å². The van der Waals surface area contributed by atoms with Gasteiger partial charge in [-0.15, -0.1) is 4.91 Å². The van der Waals surface area contributed by atoms with Crippen LogP contribution in [0.25, 0.3) is 156 Å². The summed E-state index contributed by atoms with van der Waals surface area (Å²) in [4.78, 5) is 45.4. The largest absolute Gasteiger partial charge is 0.467 e. The molecule has 0 bridgehead atoms. The number of nitroso groups, excluding NO2 is 1. The highest BCUT2D eigenvalue weighted by molar-refractivity contribution is 7.97. The second kappa shape index (κ2) is 47.4. The van der Waals surface area contributed by atoms with Crippen LogP contribution < -0.4 is 5.32 Å². The van der Waals surface area contributed by atoms with Crippen molar-refractivity contribution < 1.29 is 14.3 Å². The smallest absolute Gasteiger partial charge is 0.329 e. The molecule has 15 aromatic rings. The number of methoxy groups -OCH3 is 1. The van der Waals surface area contributed by atoms with Crippen LogP contribution >= 0.6 is 11.9 Å². The number of benzene rings is 15. The summed E-state index contributed by atoms with van der Waals surface area (Å²) < 4.78 is 8.97. The zero-order valence-electron chi connectivity index (χ0n) is 96.0. The third kappa shape index (κ3) is 23.0. The number of nitrogens with one attached hydrogen (secondary N) is 1. The molecule has 0 saturated carbocycles. The maximum Gasteiger partial charge on any atom is 0.329 e. The van der Waals surface area contributed by atoms with E-state index in [-0.39, 0.29) is 100 Å². The summed E-state index contributed by atoms with van der Waals surface area (Å²) in [6.45, 7) is 74.5. The third-order valence-electron chi connectivity index (χ3n) is 31.3. The standard InChI is InChI=1S/C143H164N2O4S/c1-80(2)110-43-34-44-111(81(3)4)133(110)96-61-63-126(130(77-96)139-122(92(25)26)55-40-56-123(139)93(27)28)102-65-98(100-69-106(135-114(84(9)10)47-36-48-115(135)85(11)12)75-107(70-100)136-116(86(13)14)49-37-50-117(136)87(15)16)67-104(73-102)128-59-42-60-129(141(128)142(146)144-132(79-150-145-148)143(147)149-33)105-68-99(101-71-108(137-118(88(17)18)51-38-52-119(137)89(19)20)76-109(72-101)138-120(90(21)22)53-39-54-121(138)91(23)24)66-103(74-105)127-64-62-97(134-112(82(5)6)45-35-46-113(134)83(7)8)78-131(127)140-124(94(29)30)57-41-58-125(140)95(31)32/h34-78,80-95,132H,79H2,1-33H3,(H,144,146)/t132-/m0/s1. The Kier molecular flexibility index (Phi) is 35.2. The van der Waals surface area contributed by atoms with Gasteiger partial charge in [-0.3, -0.25) is 4.79 Å². The summed E-state index contributed by atoms with van der Waals surface area (Å²) in [7, 11) is 1.33. The highest BCUT2D eigenvalue weighted by atomic mass is 32.2. The average molecular weight is 2010 g/mol. The zero-order chi connectivity index (χ0) is 108. The van der Waals surface area contributed by atoms with Crippen molar-refractivity contribution >= 4 is 23.8 Å². The van der Waals surface area contributed by atoms with Gasteiger partial charge in [0.2, 0.25) is 0 Å². The fraction of sp³-hybridized carbons (Fsp3) is 0.357. The molecule has 0 radical (unpaired) electrons. The van der Waals surface area contributed by atoms with Crippen molar-refractivity contribution in [2.75, 3.05) is 12.9 Å². The van der Waals surface area contributed by atoms with Gasteiger partial charge in [0, 0.05) is 22.3 Å². The van der Waals surface area contributed by atoms with Crippen molar-refractivity contribution in [3.63, 3.8) is 0 Å². The molecule has 0 spiro atoms. The lowest BCUT2D eigenvalue weighted by molar-refractivity contribution is -0.142. The molecule has 0 aliphatic rings. The highest BCUT2D eigenvalue weighted by Crippen LogP contribution is 2.55. The van der Waals surface area contributed by atoms with Gasteiger partial charge >= 0.3 is 5.97 Å². The van der Waals surface area contributed by atoms with Gasteiger partial charge in [-0.25, -0.2) is 4.79 Å². The first-order valence-electron chi connectivity index (χ1n) is 55.9. The normalized spacial score (nSPS) is 12.3. The first kappa shape index (κ1) is 111. The number of hydrogen-bond acceptors (Lipinski definition) is 6. The van der Waals surface area contributed by atoms with E-state index in [4.69, 9.17) is 4.74 Å². The molecule has 1 N–H and O–H groups in total. The van der Waals surface area contributed by atoms with E-state index in [2.05, 4.69) is 504 Å². The van der Waals surface area contributed by atoms with Crippen molar-refractivity contribution in [2.45, 2.75) is 322 Å². The van der Waals surface area contributed by atoms with Gasteiger partial charge in [-0.05, 0) is 424 Å². The molecule has 15 rings (SSSR count). The molecular weight excluding hydrogens is 1840 g/mol. The first-order valence-corrected chi connectivity index (χ1v) is 56.8. The molecule has 776 valence electrons. The second-order valence-corrected chi connectivity index (χ2v) is 48.1. The molecule has 1 amide bonds. The molecule has 1 atom stereocenters. The summed E-state index contributed by atoms with van der Waals surface area (Å²) in [5.74, 6) is 1.45. The van der Waals surface area contributed by atoms with Crippen LogP contribution in [0.5, 0.6) is 0 Å². The van der Waals surface area contributed by atoms with Crippen LogP contribution in [0.2, 0.25) is 0 Å². The van der Waals surface area contributed by atoms with Crippen LogP contribution in [-0.4, -0.2) is 30.8 Å². The molecule has 0 fully saturated rings. The van der Waals surface area contributed by atoms with Crippen molar-refractivity contribution in [1.82, 2.24) is 5.32 Å². The fourth-order valence-electron chi connectivity index (χ4n) is 23.6. The number of carbonyl (C=O) groups excluding carboxylic acids is 2. The molecule has 0 aromatic heterocycles. The minimum atomic E-state index is -1.32. The Morgan fingerprint density at radius 1 is 0.213 bits per heavy atom. The second-order valence-electron chi connectivity index (χ2n) is 47.3. The molecule has 0 aliphatic carbocycles. The summed E-state index contributed by atoms with van der Waals surface area (Å²) in [5.41, 5.74) is 50.5. The van der Waals surface area contributed by atoms with Crippen molar-refractivity contribution in [3.8, 4) is 156 Å². The summed E-state index contributed by atoms with van der Waals surface area (Å²) in [6, 6.07) is 104. The van der Waals surface area contributed by atoms with Gasteiger partial charge in [0.25, 0.3) is 5.91 Å². The van der Waals surface area contributed by atoms with Gasteiger partial charge in [-0.2, -0.15) is 0 Å². The maximum atomic E-state index is 17.8. The molecule has 6 nitrogen and oxygen atoms in total. The summed E-state index contributed by atoms with van der Waals surface area (Å²) in [6.07, 6.45) is 0. The first-order chi connectivity index (χ1) is 71.4. The lowest BCUT2D eigenvalue weighted by Gasteiger charge is -2.26. The van der Waals surface area contributed by atoms with Gasteiger partial charge in [0.05, 0.1) is 12.7 Å². The number of carbonyl (C=O) groups is 2. The van der Waals surface area contributed by atoms with Crippen LogP contribution in [0, 0.1) is 4.91 Å². The molecule has 0 aliphatic heterocycles. The predicted molar refractivity (Wildman–Crippen MR) is 649 cm³/mol. The van der Waals surface area contributed by atoms with Gasteiger partial charge in [0.1, 0.15) is 6.04 Å². The van der Waals surface area contributed by atoms with Gasteiger partial charge < -0.3 is 10.1 Å². The number of esters is 1. The molecule has 150 heavy (non-hydrogen) atoms. The van der Waals surface area contributed by atoms with Crippen molar-refractivity contribution in [3.05, 3.63) is 372 Å².